The summed E-state index contributed by atoms with van der Waals surface area (Å²) in [7, 11) is 0. The fourth-order valence-corrected chi connectivity index (χ4v) is 2.89. The molecule has 21 heavy (non-hydrogen) atoms. The van der Waals surface area contributed by atoms with Gasteiger partial charge in [-0.05, 0) is 32.2 Å². The third-order valence-electron chi connectivity index (χ3n) is 3.29. The van der Waals surface area contributed by atoms with Gasteiger partial charge in [-0.15, -0.1) is 11.8 Å². The lowest BCUT2D eigenvalue weighted by Gasteiger charge is -2.27. The lowest BCUT2D eigenvalue weighted by atomic mass is 10.1. The standard InChI is InChI=1S/C16H28N2O2S/c1-4-19-11-9-18(10-12-20-5-2)15-7-6-8-16(21-3)14(15)13-17/h6-8H,4-5,9-13,17H2,1-3H3. The van der Waals surface area contributed by atoms with E-state index in [-0.39, 0.29) is 0 Å². The van der Waals surface area contributed by atoms with Gasteiger partial charge >= 0.3 is 0 Å². The third-order valence-corrected chi connectivity index (χ3v) is 4.11. The van der Waals surface area contributed by atoms with E-state index < -0.39 is 0 Å². The first-order valence-corrected chi connectivity index (χ1v) is 8.77. The zero-order valence-corrected chi connectivity index (χ0v) is 14.2. The van der Waals surface area contributed by atoms with Crippen molar-refractivity contribution in [3.05, 3.63) is 23.8 Å². The molecule has 1 aromatic rings. The average Bonchev–Trinajstić information content (AvgIpc) is 2.52. The van der Waals surface area contributed by atoms with Gasteiger partial charge in [0.1, 0.15) is 0 Å². The molecule has 5 heteroatoms. The van der Waals surface area contributed by atoms with Gasteiger partial charge in [0.05, 0.1) is 13.2 Å². The summed E-state index contributed by atoms with van der Waals surface area (Å²) in [5, 5.41) is 0. The molecule has 0 spiro atoms. The molecule has 0 aliphatic heterocycles. The topological polar surface area (TPSA) is 47.7 Å². The Kier molecular flexibility index (Phi) is 9.50. The van der Waals surface area contributed by atoms with Crippen molar-refractivity contribution in [2.45, 2.75) is 25.3 Å². The van der Waals surface area contributed by atoms with E-state index in [0.29, 0.717) is 6.54 Å². The number of hydrogen-bond donors (Lipinski definition) is 1. The number of anilines is 1. The molecule has 0 bridgehead atoms. The highest BCUT2D eigenvalue weighted by molar-refractivity contribution is 7.98. The minimum atomic E-state index is 0.548. The van der Waals surface area contributed by atoms with E-state index in [9.17, 15) is 0 Å². The molecule has 0 aromatic heterocycles. The highest BCUT2D eigenvalue weighted by Crippen LogP contribution is 2.29. The first-order valence-electron chi connectivity index (χ1n) is 7.54. The molecule has 0 atom stereocenters. The number of rotatable bonds is 11. The first kappa shape index (κ1) is 18.3. The lowest BCUT2D eigenvalue weighted by Crippen LogP contribution is -2.32. The van der Waals surface area contributed by atoms with Crippen molar-refractivity contribution in [2.75, 3.05) is 50.7 Å². The van der Waals surface area contributed by atoms with Crippen LogP contribution in [0.25, 0.3) is 0 Å². The van der Waals surface area contributed by atoms with Gasteiger partial charge in [-0.2, -0.15) is 0 Å². The van der Waals surface area contributed by atoms with Gasteiger partial charge in [0.15, 0.2) is 0 Å². The Bertz CT molecular complexity index is 392. The first-order chi connectivity index (χ1) is 10.3. The minimum absolute atomic E-state index is 0.548. The van der Waals surface area contributed by atoms with Gasteiger partial charge in [0.2, 0.25) is 0 Å². The monoisotopic (exact) mass is 312 g/mol. The minimum Gasteiger partial charge on any atom is -0.380 e. The van der Waals surface area contributed by atoms with E-state index in [1.165, 1.54) is 16.1 Å². The molecule has 1 aromatic carbocycles. The quantitative estimate of drug-likeness (QED) is 0.503. The van der Waals surface area contributed by atoms with Crippen LogP contribution < -0.4 is 10.6 Å². The van der Waals surface area contributed by atoms with Crippen LogP contribution in [0.15, 0.2) is 23.1 Å². The van der Waals surface area contributed by atoms with Crippen molar-refractivity contribution in [3.63, 3.8) is 0 Å². The Morgan fingerprint density at radius 2 is 1.71 bits per heavy atom. The van der Waals surface area contributed by atoms with Crippen LogP contribution in [0.5, 0.6) is 0 Å². The summed E-state index contributed by atoms with van der Waals surface area (Å²) < 4.78 is 11.0. The summed E-state index contributed by atoms with van der Waals surface area (Å²) in [6.07, 6.45) is 2.09. The van der Waals surface area contributed by atoms with Gasteiger partial charge in [0.25, 0.3) is 0 Å². The number of nitrogens with two attached hydrogens (primary N) is 1. The molecule has 0 amide bonds. The maximum absolute atomic E-state index is 5.97. The molecular weight excluding hydrogens is 284 g/mol. The second-order valence-corrected chi connectivity index (χ2v) is 5.39. The molecule has 2 N–H and O–H groups in total. The predicted molar refractivity (Wildman–Crippen MR) is 91.3 cm³/mol. The summed E-state index contributed by atoms with van der Waals surface area (Å²) in [6, 6.07) is 6.36. The number of benzene rings is 1. The van der Waals surface area contributed by atoms with Gasteiger partial charge in [-0.3, -0.25) is 0 Å². The number of nitrogens with zero attached hydrogens (tertiary/aromatic N) is 1. The highest BCUT2D eigenvalue weighted by Gasteiger charge is 2.13. The molecule has 0 aliphatic rings. The summed E-state index contributed by atoms with van der Waals surface area (Å²) in [6.45, 7) is 9.21. The van der Waals surface area contributed by atoms with E-state index in [0.717, 1.165) is 39.5 Å². The molecular formula is C16H28N2O2S. The van der Waals surface area contributed by atoms with E-state index in [1.54, 1.807) is 11.8 Å². The molecule has 0 aliphatic carbocycles. The van der Waals surface area contributed by atoms with Crippen LogP contribution in [0.3, 0.4) is 0 Å². The SMILES string of the molecule is CCOCCN(CCOCC)c1cccc(SC)c1CN. The Hall–Kier alpha value is -0.750. The van der Waals surface area contributed by atoms with Crippen LogP contribution in [0.2, 0.25) is 0 Å². The normalized spacial score (nSPS) is 10.9. The molecule has 0 saturated heterocycles. The van der Waals surface area contributed by atoms with Crippen LogP contribution in [-0.4, -0.2) is 45.8 Å². The van der Waals surface area contributed by atoms with Crippen molar-refractivity contribution in [2.24, 2.45) is 5.73 Å². The molecule has 0 fully saturated rings. The van der Waals surface area contributed by atoms with E-state index in [1.807, 2.05) is 13.8 Å². The highest BCUT2D eigenvalue weighted by atomic mass is 32.2. The molecule has 120 valence electrons. The van der Waals surface area contributed by atoms with Crippen LogP contribution in [0, 0.1) is 0 Å². The second-order valence-electron chi connectivity index (χ2n) is 4.54. The second kappa shape index (κ2) is 10.9. The molecule has 0 unspecified atom stereocenters. The van der Waals surface area contributed by atoms with Crippen molar-refractivity contribution in [1.29, 1.82) is 0 Å². The Balaban J connectivity index is 2.89. The third kappa shape index (κ3) is 5.87. The summed E-state index contributed by atoms with van der Waals surface area (Å²) in [4.78, 5) is 3.56. The Morgan fingerprint density at radius 1 is 1.10 bits per heavy atom. The fourth-order valence-electron chi connectivity index (χ4n) is 2.24. The predicted octanol–water partition coefficient (Wildman–Crippen LogP) is 2.75. The van der Waals surface area contributed by atoms with Crippen molar-refractivity contribution < 1.29 is 9.47 Å². The van der Waals surface area contributed by atoms with E-state index in [4.69, 9.17) is 15.2 Å². The zero-order chi connectivity index (χ0) is 15.5. The molecule has 0 saturated carbocycles. The summed E-state index contributed by atoms with van der Waals surface area (Å²) in [5.74, 6) is 0. The smallest absolute Gasteiger partial charge is 0.0641 e. The van der Waals surface area contributed by atoms with Gasteiger partial charge in [-0.1, -0.05) is 6.07 Å². The van der Waals surface area contributed by atoms with Crippen molar-refractivity contribution >= 4 is 17.4 Å². The average molecular weight is 312 g/mol. The van der Waals surface area contributed by atoms with Gasteiger partial charge in [-0.25, -0.2) is 0 Å². The molecule has 0 heterocycles. The molecule has 0 radical (unpaired) electrons. The summed E-state index contributed by atoms with van der Waals surface area (Å²) >= 11 is 1.74. The maximum Gasteiger partial charge on any atom is 0.0641 e. The van der Waals surface area contributed by atoms with Crippen LogP contribution >= 0.6 is 11.8 Å². The van der Waals surface area contributed by atoms with E-state index >= 15 is 0 Å². The molecule has 1 rings (SSSR count). The maximum atomic E-state index is 5.97. The zero-order valence-electron chi connectivity index (χ0n) is 13.4. The number of ether oxygens (including phenoxy) is 2. The van der Waals surface area contributed by atoms with E-state index in [2.05, 4.69) is 29.4 Å². The lowest BCUT2D eigenvalue weighted by molar-refractivity contribution is 0.141. The van der Waals surface area contributed by atoms with Crippen molar-refractivity contribution in [3.8, 4) is 0 Å². The van der Waals surface area contributed by atoms with Crippen LogP contribution in [0.1, 0.15) is 19.4 Å². The van der Waals surface area contributed by atoms with Crippen molar-refractivity contribution in [1.82, 2.24) is 0 Å². The number of hydrogen-bond acceptors (Lipinski definition) is 5. The Labute approximate surface area is 133 Å². The van der Waals surface area contributed by atoms with Crippen LogP contribution in [-0.2, 0) is 16.0 Å². The van der Waals surface area contributed by atoms with Gasteiger partial charge in [0, 0.05) is 49.0 Å². The van der Waals surface area contributed by atoms with Crippen LogP contribution in [0.4, 0.5) is 5.69 Å². The largest absolute Gasteiger partial charge is 0.380 e. The van der Waals surface area contributed by atoms with Gasteiger partial charge < -0.3 is 20.1 Å². The molecule has 4 nitrogen and oxygen atoms in total. The Morgan fingerprint density at radius 3 is 2.19 bits per heavy atom. The summed E-state index contributed by atoms with van der Waals surface area (Å²) in [5.41, 5.74) is 8.38. The fraction of sp³-hybridized carbons (Fsp3) is 0.625. The number of thioether (sulfide) groups is 1.